The first-order valence-electron chi connectivity index (χ1n) is 7.07. The number of likely N-dealkylation sites (tertiary alicyclic amines) is 1. The van der Waals surface area contributed by atoms with Gasteiger partial charge in [0.05, 0.1) is 5.69 Å². The SMILES string of the molecule is Cc1cc(C)n(CC(=O)N2CC3CNCC3C2C)n1. The summed E-state index contributed by atoms with van der Waals surface area (Å²) < 4.78 is 1.82. The predicted molar refractivity (Wildman–Crippen MR) is 72.7 cm³/mol. The van der Waals surface area contributed by atoms with Crippen molar-refractivity contribution >= 4 is 5.91 Å². The number of aryl methyl sites for hydroxylation is 2. The lowest BCUT2D eigenvalue weighted by Gasteiger charge is -2.24. The summed E-state index contributed by atoms with van der Waals surface area (Å²) in [5.41, 5.74) is 2.03. The van der Waals surface area contributed by atoms with Crippen LogP contribution in [0.25, 0.3) is 0 Å². The molecule has 3 atom stereocenters. The molecular weight excluding hydrogens is 240 g/mol. The summed E-state index contributed by atoms with van der Waals surface area (Å²) in [6.07, 6.45) is 0. The molecule has 0 bridgehead atoms. The molecule has 19 heavy (non-hydrogen) atoms. The van der Waals surface area contributed by atoms with E-state index in [0.717, 1.165) is 31.0 Å². The maximum atomic E-state index is 12.5. The van der Waals surface area contributed by atoms with Crippen LogP contribution in [0.15, 0.2) is 6.07 Å². The fraction of sp³-hybridized carbons (Fsp3) is 0.714. The van der Waals surface area contributed by atoms with E-state index in [1.165, 1.54) is 0 Å². The maximum absolute atomic E-state index is 12.5. The van der Waals surface area contributed by atoms with Gasteiger partial charge in [-0.25, -0.2) is 0 Å². The fourth-order valence-corrected chi connectivity index (χ4v) is 3.55. The second kappa shape index (κ2) is 4.63. The van der Waals surface area contributed by atoms with Crippen LogP contribution in [0.1, 0.15) is 18.3 Å². The van der Waals surface area contributed by atoms with E-state index in [1.54, 1.807) is 0 Å². The van der Waals surface area contributed by atoms with Gasteiger partial charge >= 0.3 is 0 Å². The Morgan fingerprint density at radius 3 is 2.89 bits per heavy atom. The van der Waals surface area contributed by atoms with Gasteiger partial charge in [0.1, 0.15) is 6.54 Å². The molecule has 5 nitrogen and oxygen atoms in total. The second-order valence-corrected chi connectivity index (χ2v) is 5.95. The average Bonchev–Trinajstić information content (AvgIpc) is 2.98. The number of rotatable bonds is 2. The van der Waals surface area contributed by atoms with Gasteiger partial charge in [-0.15, -0.1) is 0 Å². The van der Waals surface area contributed by atoms with Gasteiger partial charge in [0.15, 0.2) is 0 Å². The Morgan fingerprint density at radius 1 is 1.47 bits per heavy atom. The summed E-state index contributed by atoms with van der Waals surface area (Å²) in [4.78, 5) is 14.5. The minimum atomic E-state index is 0.202. The van der Waals surface area contributed by atoms with Crippen molar-refractivity contribution in [3.8, 4) is 0 Å². The average molecular weight is 262 g/mol. The number of aromatic nitrogens is 2. The number of hydrogen-bond acceptors (Lipinski definition) is 3. The zero-order chi connectivity index (χ0) is 13.6. The van der Waals surface area contributed by atoms with Crippen molar-refractivity contribution in [1.29, 1.82) is 0 Å². The van der Waals surface area contributed by atoms with Gasteiger partial charge in [-0.1, -0.05) is 0 Å². The number of nitrogens with one attached hydrogen (secondary N) is 1. The van der Waals surface area contributed by atoms with Crippen molar-refractivity contribution in [2.24, 2.45) is 11.8 Å². The normalized spacial score (nSPS) is 29.8. The van der Waals surface area contributed by atoms with Gasteiger partial charge in [0, 0.05) is 31.4 Å². The largest absolute Gasteiger partial charge is 0.338 e. The molecule has 2 fully saturated rings. The summed E-state index contributed by atoms with van der Waals surface area (Å²) >= 11 is 0. The molecule has 1 amide bonds. The summed E-state index contributed by atoms with van der Waals surface area (Å²) in [6, 6.07) is 2.36. The quantitative estimate of drug-likeness (QED) is 0.847. The standard InChI is InChI=1S/C14H22N4O/c1-9-4-10(2)18(16-9)8-14(19)17-7-12-5-15-6-13(12)11(17)3/h4,11-13,15H,5-8H2,1-3H3. The Balaban J connectivity index is 1.70. The third kappa shape index (κ3) is 2.16. The predicted octanol–water partition coefficient (Wildman–Crippen LogP) is 0.566. The molecule has 2 aliphatic heterocycles. The third-order valence-corrected chi connectivity index (χ3v) is 4.64. The van der Waals surface area contributed by atoms with Gasteiger partial charge in [0.2, 0.25) is 5.91 Å². The smallest absolute Gasteiger partial charge is 0.244 e. The van der Waals surface area contributed by atoms with E-state index in [1.807, 2.05) is 29.5 Å². The number of fused-ring (bicyclic) bond motifs is 1. The lowest BCUT2D eigenvalue weighted by Crippen LogP contribution is -2.40. The topological polar surface area (TPSA) is 50.2 Å². The van der Waals surface area contributed by atoms with Gasteiger partial charge < -0.3 is 10.2 Å². The minimum Gasteiger partial charge on any atom is -0.338 e. The molecule has 2 saturated heterocycles. The van der Waals surface area contributed by atoms with Gasteiger partial charge in [0.25, 0.3) is 0 Å². The second-order valence-electron chi connectivity index (χ2n) is 5.95. The monoisotopic (exact) mass is 262 g/mol. The molecule has 1 N–H and O–H groups in total. The van der Waals surface area contributed by atoms with Crippen LogP contribution < -0.4 is 5.32 Å². The lowest BCUT2D eigenvalue weighted by molar-refractivity contribution is -0.133. The van der Waals surface area contributed by atoms with Crippen LogP contribution in [0.2, 0.25) is 0 Å². The van der Waals surface area contributed by atoms with E-state index >= 15 is 0 Å². The van der Waals surface area contributed by atoms with E-state index < -0.39 is 0 Å². The zero-order valence-electron chi connectivity index (χ0n) is 11.9. The van der Waals surface area contributed by atoms with Crippen LogP contribution in [0.3, 0.4) is 0 Å². The molecule has 5 heteroatoms. The lowest BCUT2D eigenvalue weighted by atomic mass is 9.95. The van der Waals surface area contributed by atoms with Crippen molar-refractivity contribution < 1.29 is 4.79 Å². The van der Waals surface area contributed by atoms with Crippen molar-refractivity contribution in [1.82, 2.24) is 20.0 Å². The number of amides is 1. The zero-order valence-corrected chi connectivity index (χ0v) is 11.9. The first kappa shape index (κ1) is 12.7. The maximum Gasteiger partial charge on any atom is 0.244 e. The number of carbonyl (C=O) groups excluding carboxylic acids is 1. The number of hydrogen-bond donors (Lipinski definition) is 1. The molecule has 1 aromatic heterocycles. The highest BCUT2D eigenvalue weighted by Gasteiger charge is 2.43. The van der Waals surface area contributed by atoms with Crippen LogP contribution >= 0.6 is 0 Å². The van der Waals surface area contributed by atoms with Crippen molar-refractivity contribution in [3.05, 3.63) is 17.5 Å². The van der Waals surface area contributed by atoms with E-state index in [4.69, 9.17) is 0 Å². The van der Waals surface area contributed by atoms with Crippen LogP contribution in [0.5, 0.6) is 0 Å². The molecule has 0 radical (unpaired) electrons. The molecular formula is C14H22N4O. The molecule has 0 aliphatic carbocycles. The third-order valence-electron chi connectivity index (χ3n) is 4.64. The first-order valence-corrected chi connectivity index (χ1v) is 7.07. The Labute approximate surface area is 114 Å². The molecule has 3 unspecified atom stereocenters. The highest BCUT2D eigenvalue weighted by Crippen LogP contribution is 2.32. The van der Waals surface area contributed by atoms with Gasteiger partial charge in [-0.2, -0.15) is 5.10 Å². The summed E-state index contributed by atoms with van der Waals surface area (Å²) in [5, 5.41) is 7.80. The fourth-order valence-electron chi connectivity index (χ4n) is 3.55. The first-order chi connectivity index (χ1) is 9.06. The van der Waals surface area contributed by atoms with Gasteiger partial charge in [-0.3, -0.25) is 9.48 Å². The van der Waals surface area contributed by atoms with Crippen LogP contribution in [-0.4, -0.2) is 46.3 Å². The van der Waals surface area contributed by atoms with Crippen LogP contribution in [-0.2, 0) is 11.3 Å². The molecule has 1 aromatic rings. The van der Waals surface area contributed by atoms with E-state index in [-0.39, 0.29) is 5.91 Å². The summed E-state index contributed by atoms with van der Waals surface area (Å²) in [7, 11) is 0. The minimum absolute atomic E-state index is 0.202. The van der Waals surface area contributed by atoms with Gasteiger partial charge in [-0.05, 0) is 38.7 Å². The number of nitrogens with zero attached hydrogens (tertiary/aromatic N) is 3. The Kier molecular flexibility index (Phi) is 3.09. The highest BCUT2D eigenvalue weighted by atomic mass is 16.2. The van der Waals surface area contributed by atoms with Crippen molar-refractivity contribution in [2.75, 3.05) is 19.6 Å². The molecule has 2 aliphatic rings. The molecule has 3 heterocycles. The van der Waals surface area contributed by atoms with E-state index in [0.29, 0.717) is 24.4 Å². The highest BCUT2D eigenvalue weighted by molar-refractivity contribution is 5.76. The molecule has 104 valence electrons. The Bertz CT molecular complexity index is 496. The van der Waals surface area contributed by atoms with E-state index in [9.17, 15) is 4.79 Å². The molecule has 0 spiro atoms. The van der Waals surface area contributed by atoms with Crippen molar-refractivity contribution in [3.63, 3.8) is 0 Å². The van der Waals surface area contributed by atoms with Crippen molar-refractivity contribution in [2.45, 2.75) is 33.4 Å². The Hall–Kier alpha value is -1.36. The van der Waals surface area contributed by atoms with E-state index in [2.05, 4.69) is 17.3 Å². The molecule has 0 aromatic carbocycles. The Morgan fingerprint density at radius 2 is 2.26 bits per heavy atom. The number of carbonyl (C=O) groups is 1. The van der Waals surface area contributed by atoms with Crippen LogP contribution in [0.4, 0.5) is 0 Å². The summed E-state index contributed by atoms with van der Waals surface area (Å²) in [5.74, 6) is 1.47. The summed E-state index contributed by atoms with van der Waals surface area (Å²) in [6.45, 7) is 9.51. The van der Waals surface area contributed by atoms with Crippen LogP contribution in [0, 0.1) is 25.7 Å². The molecule has 0 saturated carbocycles. The molecule has 3 rings (SSSR count).